The van der Waals surface area contributed by atoms with Gasteiger partial charge >= 0.3 is 0 Å². The summed E-state index contributed by atoms with van der Waals surface area (Å²) in [6.07, 6.45) is -0.113. The molecule has 0 aliphatic carbocycles. The number of piperidine rings is 1. The topological polar surface area (TPSA) is 80.5 Å². The first kappa shape index (κ1) is 20.6. The number of carbonyl (C=O) groups excluding carboxylic acids is 3. The average Bonchev–Trinajstić information content (AvgIpc) is 3.06. The molecule has 1 fully saturated rings. The molecule has 0 atom stereocenters. The van der Waals surface area contributed by atoms with Gasteiger partial charge in [-0.25, -0.2) is 0 Å². The normalized spacial score (nSPS) is 14.3. The Bertz CT molecular complexity index is 1150. The van der Waals surface area contributed by atoms with Crippen LogP contribution in [0, 0.1) is 0 Å². The molecule has 1 aliphatic heterocycles. The molecule has 4 rings (SSSR count). The van der Waals surface area contributed by atoms with Gasteiger partial charge in [0.2, 0.25) is 5.91 Å². The molecule has 0 bridgehead atoms. The van der Waals surface area contributed by atoms with Gasteiger partial charge in [-0.15, -0.1) is 11.3 Å². The predicted molar refractivity (Wildman–Crippen MR) is 120 cm³/mol. The molecule has 0 unspecified atom stereocenters. The van der Waals surface area contributed by atoms with Crippen molar-refractivity contribution in [3.05, 3.63) is 64.1 Å². The molecule has 3 aromatic rings. The number of hydrogen-bond donors (Lipinski definition) is 1. The van der Waals surface area contributed by atoms with Crippen molar-refractivity contribution < 1.29 is 14.4 Å². The van der Waals surface area contributed by atoms with E-state index in [4.69, 9.17) is 28.9 Å². The van der Waals surface area contributed by atoms with Crippen molar-refractivity contribution in [3.63, 3.8) is 0 Å². The fourth-order valence-electron chi connectivity index (χ4n) is 3.42. The zero-order valence-electron chi connectivity index (χ0n) is 15.7. The molecule has 2 aromatic carbocycles. The fourth-order valence-corrected chi connectivity index (χ4v) is 4.76. The van der Waals surface area contributed by atoms with Crippen molar-refractivity contribution in [2.24, 2.45) is 0 Å². The van der Waals surface area contributed by atoms with Crippen LogP contribution in [0.5, 0.6) is 0 Å². The number of likely N-dealkylation sites (tertiary alicyclic amines) is 1. The molecule has 0 spiro atoms. The minimum Gasteiger partial charge on any atom is -0.390 e. The number of amides is 2. The van der Waals surface area contributed by atoms with Crippen LogP contribution in [0.3, 0.4) is 0 Å². The zero-order chi connectivity index (χ0) is 21.4. The van der Waals surface area contributed by atoms with Crippen LogP contribution in [0.2, 0.25) is 10.0 Å². The van der Waals surface area contributed by atoms with Crippen LogP contribution < -0.4 is 5.73 Å². The third kappa shape index (κ3) is 3.86. The number of imide groups is 1. The summed E-state index contributed by atoms with van der Waals surface area (Å²) in [5, 5.41) is 1.46. The number of benzene rings is 2. The maximum atomic E-state index is 13.4. The molecule has 2 amide bonds. The highest BCUT2D eigenvalue weighted by Crippen LogP contribution is 2.45. The Hall–Kier alpha value is -2.67. The highest BCUT2D eigenvalue weighted by Gasteiger charge is 2.34. The van der Waals surface area contributed by atoms with Gasteiger partial charge in [0, 0.05) is 33.5 Å². The first-order valence-electron chi connectivity index (χ1n) is 9.15. The van der Waals surface area contributed by atoms with Gasteiger partial charge in [-0.05, 0) is 35.4 Å². The molecule has 1 aromatic heterocycles. The van der Waals surface area contributed by atoms with Crippen LogP contribution in [-0.2, 0) is 9.59 Å². The molecule has 0 radical (unpaired) electrons. The molecule has 5 nitrogen and oxygen atoms in total. The fraction of sp³-hybridized carbons (Fsp3) is 0.136. The summed E-state index contributed by atoms with van der Waals surface area (Å²) >= 11 is 13.3. The number of halogens is 2. The Morgan fingerprint density at radius 2 is 1.50 bits per heavy atom. The van der Waals surface area contributed by atoms with Crippen LogP contribution >= 0.6 is 34.5 Å². The standard InChI is InChI=1S/C22H16Cl2N2O3S/c23-14-5-1-12(2-6-14)18-19(22(29)26-10-9-16(27)11-17(26)28)21(25)30-20(18)13-3-7-15(24)8-4-13/h1-8H,9-11,25H2. The summed E-state index contributed by atoms with van der Waals surface area (Å²) < 4.78 is 0. The Morgan fingerprint density at radius 1 is 0.933 bits per heavy atom. The first-order valence-corrected chi connectivity index (χ1v) is 10.7. The van der Waals surface area contributed by atoms with E-state index in [0.29, 0.717) is 20.6 Å². The third-order valence-electron chi connectivity index (χ3n) is 4.90. The van der Waals surface area contributed by atoms with E-state index in [1.165, 1.54) is 11.3 Å². The lowest BCUT2D eigenvalue weighted by atomic mass is 9.96. The highest BCUT2D eigenvalue weighted by atomic mass is 35.5. The van der Waals surface area contributed by atoms with E-state index in [1.54, 1.807) is 24.3 Å². The summed E-state index contributed by atoms with van der Waals surface area (Å²) in [5.41, 5.74) is 8.79. The number of rotatable bonds is 3. The van der Waals surface area contributed by atoms with E-state index in [0.717, 1.165) is 20.9 Å². The molecule has 152 valence electrons. The van der Waals surface area contributed by atoms with Gasteiger partial charge in [0.05, 0.1) is 17.0 Å². The monoisotopic (exact) mass is 458 g/mol. The maximum Gasteiger partial charge on any atom is 0.264 e. The van der Waals surface area contributed by atoms with Gasteiger partial charge in [0.25, 0.3) is 5.91 Å². The van der Waals surface area contributed by atoms with Crippen molar-refractivity contribution in [1.29, 1.82) is 0 Å². The minimum absolute atomic E-state index is 0.0577. The molecular formula is C22H16Cl2N2O3S. The number of nitrogen functional groups attached to an aromatic ring is 1. The molecular weight excluding hydrogens is 443 g/mol. The first-order chi connectivity index (χ1) is 14.3. The summed E-state index contributed by atoms with van der Waals surface area (Å²) in [7, 11) is 0. The van der Waals surface area contributed by atoms with Gasteiger partial charge in [-0.2, -0.15) is 0 Å². The summed E-state index contributed by atoms with van der Waals surface area (Å²) in [4.78, 5) is 39.2. The molecule has 2 N–H and O–H groups in total. The maximum absolute atomic E-state index is 13.4. The number of carbonyl (C=O) groups is 3. The van der Waals surface area contributed by atoms with Crippen molar-refractivity contribution in [1.82, 2.24) is 4.90 Å². The van der Waals surface area contributed by atoms with Crippen LogP contribution in [-0.4, -0.2) is 29.0 Å². The predicted octanol–water partition coefficient (Wildman–Crippen LogP) is 5.30. The van der Waals surface area contributed by atoms with Gasteiger partial charge in [0.1, 0.15) is 5.78 Å². The van der Waals surface area contributed by atoms with E-state index in [9.17, 15) is 14.4 Å². The molecule has 1 aliphatic rings. The Morgan fingerprint density at radius 3 is 2.07 bits per heavy atom. The van der Waals surface area contributed by atoms with E-state index >= 15 is 0 Å². The Kier molecular flexibility index (Phi) is 5.64. The average molecular weight is 459 g/mol. The second-order valence-corrected chi connectivity index (χ2v) is 8.80. The van der Waals surface area contributed by atoms with Gasteiger partial charge in [-0.3, -0.25) is 19.3 Å². The summed E-state index contributed by atoms with van der Waals surface area (Å²) in [5.74, 6) is -1.16. The van der Waals surface area contributed by atoms with E-state index < -0.39 is 11.8 Å². The van der Waals surface area contributed by atoms with Crippen molar-refractivity contribution >= 4 is 57.1 Å². The van der Waals surface area contributed by atoms with Crippen LogP contribution in [0.1, 0.15) is 23.2 Å². The van der Waals surface area contributed by atoms with Gasteiger partial charge < -0.3 is 5.73 Å². The quantitative estimate of drug-likeness (QED) is 0.426. The highest BCUT2D eigenvalue weighted by molar-refractivity contribution is 7.20. The van der Waals surface area contributed by atoms with E-state index in [-0.39, 0.29) is 30.7 Å². The lowest BCUT2D eigenvalue weighted by Crippen LogP contribution is -2.43. The number of ketones is 1. The zero-order valence-corrected chi connectivity index (χ0v) is 18.0. The van der Waals surface area contributed by atoms with Crippen molar-refractivity contribution in [3.8, 4) is 21.6 Å². The molecule has 30 heavy (non-hydrogen) atoms. The van der Waals surface area contributed by atoms with Crippen LogP contribution in [0.15, 0.2) is 48.5 Å². The lowest BCUT2D eigenvalue weighted by molar-refractivity contribution is -0.136. The number of Topliss-reactive ketones (excluding diaryl/α,β-unsaturated/α-hetero) is 1. The van der Waals surface area contributed by atoms with E-state index in [2.05, 4.69) is 0 Å². The van der Waals surface area contributed by atoms with Gasteiger partial charge in [0.15, 0.2) is 0 Å². The van der Waals surface area contributed by atoms with Gasteiger partial charge in [-0.1, -0.05) is 47.5 Å². The number of anilines is 1. The SMILES string of the molecule is Nc1sc(-c2ccc(Cl)cc2)c(-c2ccc(Cl)cc2)c1C(=O)N1CCC(=O)CC1=O. The second-order valence-electron chi connectivity index (χ2n) is 6.88. The molecule has 1 saturated heterocycles. The molecule has 2 heterocycles. The van der Waals surface area contributed by atoms with Crippen LogP contribution in [0.4, 0.5) is 5.00 Å². The number of hydrogen-bond acceptors (Lipinski definition) is 5. The van der Waals surface area contributed by atoms with Crippen molar-refractivity contribution in [2.75, 3.05) is 12.3 Å². The minimum atomic E-state index is -0.503. The largest absolute Gasteiger partial charge is 0.390 e. The molecule has 0 saturated carbocycles. The molecule has 8 heteroatoms. The number of nitrogens with zero attached hydrogens (tertiary/aromatic N) is 1. The second kappa shape index (κ2) is 8.22. The Balaban J connectivity index is 1.88. The van der Waals surface area contributed by atoms with Crippen LogP contribution in [0.25, 0.3) is 21.6 Å². The Labute approximate surface area is 187 Å². The number of thiophene rings is 1. The third-order valence-corrected chi connectivity index (χ3v) is 6.47. The van der Waals surface area contributed by atoms with E-state index in [1.807, 2.05) is 24.3 Å². The smallest absolute Gasteiger partial charge is 0.264 e. The summed E-state index contributed by atoms with van der Waals surface area (Å²) in [6, 6.07) is 14.3. The summed E-state index contributed by atoms with van der Waals surface area (Å²) in [6.45, 7) is 0.0577. The van der Waals surface area contributed by atoms with Crippen molar-refractivity contribution in [2.45, 2.75) is 12.8 Å². The number of nitrogens with two attached hydrogens (primary N) is 1. The lowest BCUT2D eigenvalue weighted by Gasteiger charge is -2.24.